The molecule has 4 aromatic rings. The quantitative estimate of drug-likeness (QED) is 0.412. The third-order valence-electron chi connectivity index (χ3n) is 5.91. The van der Waals surface area contributed by atoms with Gasteiger partial charge >= 0.3 is 0 Å². The van der Waals surface area contributed by atoms with Crippen molar-refractivity contribution in [3.63, 3.8) is 0 Å². The van der Waals surface area contributed by atoms with Crippen molar-refractivity contribution in [2.45, 2.75) is 30.7 Å². The van der Waals surface area contributed by atoms with Crippen LogP contribution in [-0.4, -0.2) is 31.4 Å². The highest BCUT2D eigenvalue weighted by molar-refractivity contribution is 7.89. The van der Waals surface area contributed by atoms with Crippen LogP contribution in [0.5, 0.6) is 5.75 Å². The molecule has 0 spiro atoms. The lowest BCUT2D eigenvalue weighted by molar-refractivity contribution is 0.337. The number of fused-ring (bicyclic) bond motifs is 1. The molecule has 6 nitrogen and oxygen atoms in total. The zero-order valence-electron chi connectivity index (χ0n) is 18.0. The normalized spacial score (nSPS) is 17.1. The van der Waals surface area contributed by atoms with Crippen molar-refractivity contribution < 1.29 is 17.6 Å². The van der Waals surface area contributed by atoms with Gasteiger partial charge in [0, 0.05) is 6.54 Å². The van der Waals surface area contributed by atoms with Crippen LogP contribution in [0.25, 0.3) is 22.2 Å². The maximum absolute atomic E-state index is 13.3. The summed E-state index contributed by atoms with van der Waals surface area (Å²) in [6, 6.07) is 20.2. The molecule has 2 heterocycles. The van der Waals surface area contributed by atoms with Gasteiger partial charge in [-0.25, -0.2) is 13.4 Å². The smallest absolute Gasteiger partial charge is 0.243 e. The molecule has 1 aliphatic heterocycles. The Labute approximate surface area is 187 Å². The van der Waals surface area contributed by atoms with Gasteiger partial charge in [-0.15, -0.1) is 0 Å². The van der Waals surface area contributed by atoms with Crippen molar-refractivity contribution in [1.82, 2.24) is 9.29 Å². The van der Waals surface area contributed by atoms with Crippen molar-refractivity contribution in [2.24, 2.45) is 0 Å². The van der Waals surface area contributed by atoms with Gasteiger partial charge in [-0.1, -0.05) is 35.9 Å². The summed E-state index contributed by atoms with van der Waals surface area (Å²) in [4.78, 5) is 4.93. The van der Waals surface area contributed by atoms with Crippen LogP contribution in [0.15, 0.2) is 76.0 Å². The number of nitrogens with zero attached hydrogens (tertiary/aromatic N) is 2. The molecule has 0 saturated carbocycles. The topological polar surface area (TPSA) is 72.6 Å². The lowest BCUT2D eigenvalue weighted by atomic mass is 10.0. The zero-order valence-corrected chi connectivity index (χ0v) is 18.8. The lowest BCUT2D eigenvalue weighted by Gasteiger charge is -2.21. The third kappa shape index (κ3) is 3.67. The van der Waals surface area contributed by atoms with Crippen LogP contribution in [-0.2, 0) is 10.0 Å². The molecule has 5 rings (SSSR count). The van der Waals surface area contributed by atoms with Gasteiger partial charge in [0.25, 0.3) is 0 Å². The van der Waals surface area contributed by atoms with Crippen molar-refractivity contribution in [3.8, 4) is 16.9 Å². The van der Waals surface area contributed by atoms with E-state index in [1.54, 1.807) is 31.4 Å². The second-order valence-corrected chi connectivity index (χ2v) is 9.94. The summed E-state index contributed by atoms with van der Waals surface area (Å²) in [5.74, 6) is 1.06. The van der Waals surface area contributed by atoms with E-state index >= 15 is 0 Å². The third-order valence-corrected chi connectivity index (χ3v) is 7.83. The number of sulfonamides is 1. The number of hydrogen-bond donors (Lipinski definition) is 0. The minimum absolute atomic E-state index is 0.239. The molecule has 1 aromatic heterocycles. The Kier molecular flexibility index (Phi) is 5.23. The summed E-state index contributed by atoms with van der Waals surface area (Å²) < 4.78 is 39.3. The Morgan fingerprint density at radius 1 is 1.03 bits per heavy atom. The first-order valence-corrected chi connectivity index (χ1v) is 12.0. The SMILES string of the molecule is COc1ccc(S(=O)(=O)N2CCC[C@@H]2c2nc3cc(-c4cccc(C)c4)ccc3o2)cc1. The molecule has 0 N–H and O–H groups in total. The van der Waals surface area contributed by atoms with Gasteiger partial charge in [-0.2, -0.15) is 4.31 Å². The molecule has 32 heavy (non-hydrogen) atoms. The molecule has 7 heteroatoms. The minimum Gasteiger partial charge on any atom is -0.497 e. The van der Waals surface area contributed by atoms with E-state index < -0.39 is 16.1 Å². The van der Waals surface area contributed by atoms with E-state index in [1.165, 1.54) is 9.87 Å². The number of methoxy groups -OCH3 is 1. The summed E-state index contributed by atoms with van der Waals surface area (Å²) in [5, 5.41) is 0. The maximum atomic E-state index is 13.3. The molecule has 0 bridgehead atoms. The molecule has 0 aliphatic carbocycles. The van der Waals surface area contributed by atoms with Crippen LogP contribution in [0.3, 0.4) is 0 Å². The second-order valence-electron chi connectivity index (χ2n) is 8.05. The molecule has 1 saturated heterocycles. The fourth-order valence-electron chi connectivity index (χ4n) is 4.25. The van der Waals surface area contributed by atoms with Crippen molar-refractivity contribution in [3.05, 3.63) is 78.2 Å². The summed E-state index contributed by atoms with van der Waals surface area (Å²) in [6.07, 6.45) is 1.43. The summed E-state index contributed by atoms with van der Waals surface area (Å²) >= 11 is 0. The Balaban J connectivity index is 1.48. The number of hydrogen-bond acceptors (Lipinski definition) is 5. The van der Waals surface area contributed by atoms with Crippen molar-refractivity contribution in [1.29, 1.82) is 0 Å². The van der Waals surface area contributed by atoms with E-state index in [9.17, 15) is 8.42 Å². The molecule has 3 aromatic carbocycles. The highest BCUT2D eigenvalue weighted by Crippen LogP contribution is 2.38. The predicted octanol–water partition coefficient (Wildman–Crippen LogP) is 5.34. The largest absolute Gasteiger partial charge is 0.497 e. The lowest BCUT2D eigenvalue weighted by Crippen LogP contribution is -2.30. The first-order valence-electron chi connectivity index (χ1n) is 10.6. The predicted molar refractivity (Wildman–Crippen MR) is 123 cm³/mol. The van der Waals surface area contributed by atoms with Crippen LogP contribution in [0, 0.1) is 6.92 Å². The Morgan fingerprint density at radius 2 is 1.81 bits per heavy atom. The van der Waals surface area contributed by atoms with E-state index in [4.69, 9.17) is 14.1 Å². The number of aromatic nitrogens is 1. The molecule has 1 atom stereocenters. The fraction of sp³-hybridized carbons (Fsp3) is 0.240. The zero-order chi connectivity index (χ0) is 22.3. The number of ether oxygens (including phenoxy) is 1. The van der Waals surface area contributed by atoms with Crippen LogP contribution in [0.2, 0.25) is 0 Å². The van der Waals surface area contributed by atoms with Gasteiger partial charge < -0.3 is 9.15 Å². The van der Waals surface area contributed by atoms with Crippen molar-refractivity contribution >= 4 is 21.1 Å². The molecule has 0 amide bonds. The number of aryl methyl sites for hydroxylation is 1. The summed E-state index contributed by atoms with van der Waals surface area (Å²) in [6.45, 7) is 2.50. The average Bonchev–Trinajstić information content (AvgIpc) is 3.46. The average molecular weight is 449 g/mol. The van der Waals surface area contributed by atoms with E-state index in [0.717, 1.165) is 23.1 Å². The van der Waals surface area contributed by atoms with Gasteiger partial charge in [0.05, 0.1) is 12.0 Å². The molecule has 0 unspecified atom stereocenters. The molecule has 1 fully saturated rings. The van der Waals surface area contributed by atoms with Gasteiger partial charge in [0.2, 0.25) is 15.9 Å². The minimum atomic E-state index is -3.68. The van der Waals surface area contributed by atoms with E-state index in [2.05, 4.69) is 25.1 Å². The molecule has 1 aliphatic rings. The molecule has 164 valence electrons. The number of benzene rings is 3. The second kappa shape index (κ2) is 8.07. The van der Waals surface area contributed by atoms with Gasteiger partial charge in [0.15, 0.2) is 5.58 Å². The van der Waals surface area contributed by atoms with E-state index in [-0.39, 0.29) is 4.90 Å². The van der Waals surface area contributed by atoms with E-state index in [1.807, 2.05) is 24.3 Å². The van der Waals surface area contributed by atoms with Crippen molar-refractivity contribution in [2.75, 3.05) is 13.7 Å². The van der Waals surface area contributed by atoms with Gasteiger partial charge in [0.1, 0.15) is 17.3 Å². The molecule has 0 radical (unpaired) electrons. The first kappa shape index (κ1) is 20.7. The maximum Gasteiger partial charge on any atom is 0.243 e. The monoisotopic (exact) mass is 448 g/mol. The molecular formula is C25H24N2O4S. The summed E-state index contributed by atoms with van der Waals surface area (Å²) in [7, 11) is -2.12. The highest BCUT2D eigenvalue weighted by Gasteiger charge is 2.39. The summed E-state index contributed by atoms with van der Waals surface area (Å²) in [5.41, 5.74) is 4.74. The molecular weight excluding hydrogens is 424 g/mol. The first-order chi connectivity index (χ1) is 15.5. The van der Waals surface area contributed by atoms with Gasteiger partial charge in [-0.05, 0) is 67.3 Å². The van der Waals surface area contributed by atoms with E-state index in [0.29, 0.717) is 30.2 Å². The van der Waals surface area contributed by atoms with Crippen LogP contribution in [0.1, 0.15) is 30.3 Å². The highest BCUT2D eigenvalue weighted by atomic mass is 32.2. The fourth-order valence-corrected chi connectivity index (χ4v) is 5.90. The van der Waals surface area contributed by atoms with Gasteiger partial charge in [-0.3, -0.25) is 0 Å². The Morgan fingerprint density at radius 3 is 2.56 bits per heavy atom. The Hall–Kier alpha value is -3.16. The Bertz CT molecular complexity index is 1380. The van der Waals surface area contributed by atoms with Crippen LogP contribution in [0.4, 0.5) is 0 Å². The van der Waals surface area contributed by atoms with Crippen LogP contribution >= 0.6 is 0 Å². The van der Waals surface area contributed by atoms with Crippen LogP contribution < -0.4 is 4.74 Å². The standard InChI is InChI=1S/C25H24N2O4S/c1-17-5-3-6-18(15-17)19-8-13-24-22(16-19)26-25(31-24)23-7-4-14-27(23)32(28,29)21-11-9-20(30-2)10-12-21/h3,5-6,8-13,15-16,23H,4,7,14H2,1-2H3/t23-/m1/s1. The number of oxazole rings is 1. The number of rotatable bonds is 5.